The van der Waals surface area contributed by atoms with Crippen LogP contribution in [0.5, 0.6) is 0 Å². The summed E-state index contributed by atoms with van der Waals surface area (Å²) >= 11 is 0. The molecule has 0 aliphatic carbocycles. The number of rotatable bonds is 7. The summed E-state index contributed by atoms with van der Waals surface area (Å²) in [4.78, 5) is 17.7. The van der Waals surface area contributed by atoms with Crippen LogP contribution in [0, 0.1) is 10.1 Å². The lowest BCUT2D eigenvalue weighted by Gasteiger charge is -2.15. The van der Waals surface area contributed by atoms with Crippen LogP contribution in [0.25, 0.3) is 0 Å². The lowest BCUT2D eigenvalue weighted by atomic mass is 10.2. The van der Waals surface area contributed by atoms with Crippen molar-refractivity contribution in [1.82, 2.24) is 9.97 Å². The van der Waals surface area contributed by atoms with Crippen molar-refractivity contribution >= 4 is 17.5 Å². The summed E-state index contributed by atoms with van der Waals surface area (Å²) in [6.45, 7) is 3.86. The molecule has 10 heteroatoms. The van der Waals surface area contributed by atoms with Crippen LogP contribution in [-0.4, -0.2) is 20.9 Å². The summed E-state index contributed by atoms with van der Waals surface area (Å²) in [5.41, 5.74) is -0.445. The van der Waals surface area contributed by atoms with Crippen LogP contribution < -0.4 is 10.6 Å². The Hall–Kier alpha value is -2.91. The molecular formula is C16H18F3N5O2. The smallest absolute Gasteiger partial charge is 0.366 e. The molecule has 140 valence electrons. The Labute approximate surface area is 147 Å². The average Bonchev–Trinajstić information content (AvgIpc) is 2.59. The van der Waals surface area contributed by atoms with E-state index in [2.05, 4.69) is 20.6 Å². The highest BCUT2D eigenvalue weighted by atomic mass is 19.4. The van der Waals surface area contributed by atoms with E-state index in [-0.39, 0.29) is 30.0 Å². The predicted molar refractivity (Wildman–Crippen MR) is 90.8 cm³/mol. The predicted octanol–water partition coefficient (Wildman–Crippen LogP) is 4.23. The number of alkyl halides is 3. The molecule has 0 saturated carbocycles. The van der Waals surface area contributed by atoms with Crippen LogP contribution in [0.2, 0.25) is 0 Å². The zero-order chi connectivity index (χ0) is 19.3. The second-order valence-electron chi connectivity index (χ2n) is 5.69. The third-order valence-electron chi connectivity index (χ3n) is 3.63. The van der Waals surface area contributed by atoms with Crippen molar-refractivity contribution in [1.29, 1.82) is 0 Å². The fourth-order valence-corrected chi connectivity index (χ4v) is 2.00. The van der Waals surface area contributed by atoms with Crippen molar-refractivity contribution in [2.45, 2.75) is 39.0 Å². The number of hydrogen-bond acceptors (Lipinski definition) is 6. The molecule has 2 N–H and O–H groups in total. The van der Waals surface area contributed by atoms with E-state index in [1.807, 2.05) is 13.8 Å². The minimum Gasteiger partial charge on any atom is -0.366 e. The zero-order valence-electron chi connectivity index (χ0n) is 14.2. The Kier molecular flexibility index (Phi) is 5.96. The van der Waals surface area contributed by atoms with Crippen LogP contribution in [0.1, 0.15) is 31.5 Å². The number of anilines is 2. The van der Waals surface area contributed by atoms with Gasteiger partial charge in [0.2, 0.25) is 5.95 Å². The number of nitro benzene ring substituents is 1. The number of non-ortho nitro benzene ring substituents is 1. The summed E-state index contributed by atoms with van der Waals surface area (Å²) in [6, 6.07) is 6.45. The molecule has 7 nitrogen and oxygen atoms in total. The molecule has 0 saturated heterocycles. The summed E-state index contributed by atoms with van der Waals surface area (Å²) in [5.74, 6) is -0.100. The van der Waals surface area contributed by atoms with Crippen LogP contribution >= 0.6 is 0 Å². The first-order valence-corrected chi connectivity index (χ1v) is 7.89. The van der Waals surface area contributed by atoms with E-state index < -0.39 is 16.8 Å². The molecule has 0 bridgehead atoms. The first kappa shape index (κ1) is 19.4. The molecule has 1 aromatic heterocycles. The quantitative estimate of drug-likeness (QED) is 0.560. The van der Waals surface area contributed by atoms with Gasteiger partial charge in [-0.25, -0.2) is 4.98 Å². The molecule has 0 radical (unpaired) electrons. The highest BCUT2D eigenvalue weighted by Gasteiger charge is 2.33. The first-order chi connectivity index (χ1) is 12.2. The SMILES string of the molecule is CC[C@@H](C)Nc1nc(NCc2ccc([N+](=O)[O-])cc2)cc(C(F)(F)F)n1. The summed E-state index contributed by atoms with van der Waals surface area (Å²) < 4.78 is 39.1. The van der Waals surface area contributed by atoms with Gasteiger partial charge in [0.1, 0.15) is 5.82 Å². The number of aromatic nitrogens is 2. The Morgan fingerprint density at radius 2 is 1.88 bits per heavy atom. The third-order valence-corrected chi connectivity index (χ3v) is 3.63. The molecular weight excluding hydrogens is 351 g/mol. The molecule has 0 fully saturated rings. The Morgan fingerprint density at radius 3 is 2.42 bits per heavy atom. The van der Waals surface area contributed by atoms with Gasteiger partial charge < -0.3 is 10.6 Å². The fraction of sp³-hybridized carbons (Fsp3) is 0.375. The van der Waals surface area contributed by atoms with Gasteiger partial charge in [0.15, 0.2) is 5.69 Å². The highest BCUT2D eigenvalue weighted by Crippen LogP contribution is 2.30. The van der Waals surface area contributed by atoms with Gasteiger partial charge >= 0.3 is 6.18 Å². The van der Waals surface area contributed by atoms with Gasteiger partial charge in [0.25, 0.3) is 5.69 Å². The molecule has 0 aliphatic rings. The largest absolute Gasteiger partial charge is 0.433 e. The van der Waals surface area contributed by atoms with Crippen molar-refractivity contribution in [2.24, 2.45) is 0 Å². The maximum absolute atomic E-state index is 13.0. The van der Waals surface area contributed by atoms with Gasteiger partial charge in [-0.3, -0.25) is 10.1 Å². The fourth-order valence-electron chi connectivity index (χ4n) is 2.00. The molecule has 0 spiro atoms. The number of nitro groups is 1. The standard InChI is InChI=1S/C16H18F3N5O2/c1-3-10(2)21-15-22-13(16(17,18)19)8-14(23-15)20-9-11-4-6-12(7-5-11)24(25)26/h4-8,10H,3,9H2,1-2H3,(H2,20,21,22,23)/t10-/m1/s1. The molecule has 1 heterocycles. The molecule has 1 aromatic carbocycles. The third kappa shape index (κ3) is 5.30. The lowest BCUT2D eigenvalue weighted by Crippen LogP contribution is -2.19. The first-order valence-electron chi connectivity index (χ1n) is 7.89. The van der Waals surface area contributed by atoms with E-state index in [0.717, 1.165) is 6.07 Å². The number of halogens is 3. The number of nitrogens with zero attached hydrogens (tertiary/aromatic N) is 3. The second kappa shape index (κ2) is 7.98. The second-order valence-corrected chi connectivity index (χ2v) is 5.69. The topological polar surface area (TPSA) is 93.0 Å². The van der Waals surface area contributed by atoms with Crippen molar-refractivity contribution in [2.75, 3.05) is 10.6 Å². The average molecular weight is 369 g/mol. The summed E-state index contributed by atoms with van der Waals surface area (Å²) in [5, 5.41) is 16.3. The number of hydrogen-bond donors (Lipinski definition) is 2. The zero-order valence-corrected chi connectivity index (χ0v) is 14.2. The maximum Gasteiger partial charge on any atom is 0.433 e. The van der Waals surface area contributed by atoms with E-state index in [9.17, 15) is 23.3 Å². The number of nitrogens with one attached hydrogen (secondary N) is 2. The van der Waals surface area contributed by atoms with E-state index in [4.69, 9.17) is 0 Å². The molecule has 1 atom stereocenters. The lowest BCUT2D eigenvalue weighted by molar-refractivity contribution is -0.384. The summed E-state index contributed by atoms with van der Waals surface area (Å²) in [6.07, 6.45) is -3.90. The molecule has 0 aliphatic heterocycles. The Balaban J connectivity index is 2.18. The van der Waals surface area contributed by atoms with E-state index in [0.29, 0.717) is 12.0 Å². The monoisotopic (exact) mass is 369 g/mol. The van der Waals surface area contributed by atoms with Crippen molar-refractivity contribution < 1.29 is 18.1 Å². The van der Waals surface area contributed by atoms with E-state index >= 15 is 0 Å². The normalized spacial score (nSPS) is 12.5. The summed E-state index contributed by atoms with van der Waals surface area (Å²) in [7, 11) is 0. The van der Waals surface area contributed by atoms with Gasteiger partial charge in [-0.15, -0.1) is 0 Å². The van der Waals surface area contributed by atoms with Crippen LogP contribution in [-0.2, 0) is 12.7 Å². The minimum atomic E-state index is -4.60. The molecule has 0 amide bonds. The molecule has 2 aromatic rings. The van der Waals surface area contributed by atoms with Crippen molar-refractivity contribution in [3.8, 4) is 0 Å². The number of benzene rings is 1. The Morgan fingerprint density at radius 1 is 1.23 bits per heavy atom. The van der Waals surface area contributed by atoms with E-state index in [1.165, 1.54) is 24.3 Å². The van der Waals surface area contributed by atoms with Crippen LogP contribution in [0.4, 0.5) is 30.6 Å². The van der Waals surface area contributed by atoms with Gasteiger partial charge in [-0.1, -0.05) is 19.1 Å². The van der Waals surface area contributed by atoms with Gasteiger partial charge in [-0.05, 0) is 18.9 Å². The van der Waals surface area contributed by atoms with Crippen molar-refractivity contribution in [3.63, 3.8) is 0 Å². The van der Waals surface area contributed by atoms with Crippen LogP contribution in [0.15, 0.2) is 30.3 Å². The highest BCUT2D eigenvalue weighted by molar-refractivity contribution is 5.44. The molecule has 2 rings (SSSR count). The van der Waals surface area contributed by atoms with Gasteiger partial charge in [0.05, 0.1) is 4.92 Å². The van der Waals surface area contributed by atoms with Gasteiger partial charge in [0, 0.05) is 30.8 Å². The van der Waals surface area contributed by atoms with Crippen molar-refractivity contribution in [3.05, 3.63) is 51.7 Å². The molecule has 0 unspecified atom stereocenters. The van der Waals surface area contributed by atoms with E-state index in [1.54, 1.807) is 0 Å². The van der Waals surface area contributed by atoms with Gasteiger partial charge in [-0.2, -0.15) is 18.2 Å². The molecule has 26 heavy (non-hydrogen) atoms. The van der Waals surface area contributed by atoms with Crippen LogP contribution in [0.3, 0.4) is 0 Å². The Bertz CT molecular complexity index is 765. The maximum atomic E-state index is 13.0. The minimum absolute atomic E-state index is 0.0106.